The molecular formula is C24H19F3. The summed E-state index contributed by atoms with van der Waals surface area (Å²) in [5, 5.41) is 3.68. The molecule has 136 valence electrons. The molecule has 0 heterocycles. The van der Waals surface area contributed by atoms with Crippen molar-refractivity contribution in [3.63, 3.8) is 0 Å². The molecule has 27 heavy (non-hydrogen) atoms. The van der Waals surface area contributed by atoms with Crippen LogP contribution >= 0.6 is 0 Å². The standard InChI is InChI=1S/C24H19F3/c1-2-3-4-15-5-8-21-16(9-15)6-7-17-12-23(24(27)14-22(17)21)18-10-19(25)13-20(26)11-18/h5-14H,2-4H2,1H3. The van der Waals surface area contributed by atoms with Gasteiger partial charge in [0.1, 0.15) is 17.5 Å². The van der Waals surface area contributed by atoms with E-state index >= 15 is 0 Å². The van der Waals surface area contributed by atoms with E-state index in [4.69, 9.17) is 0 Å². The zero-order chi connectivity index (χ0) is 19.0. The van der Waals surface area contributed by atoms with Gasteiger partial charge in [0.05, 0.1) is 0 Å². The first-order chi connectivity index (χ1) is 13.0. The fourth-order valence-electron chi connectivity index (χ4n) is 3.60. The van der Waals surface area contributed by atoms with E-state index in [0.717, 1.165) is 59.0 Å². The second-order valence-corrected chi connectivity index (χ2v) is 6.94. The maximum absolute atomic E-state index is 14.8. The summed E-state index contributed by atoms with van der Waals surface area (Å²) < 4.78 is 41.9. The maximum atomic E-state index is 14.8. The smallest absolute Gasteiger partial charge is 0.131 e. The Hall–Kier alpha value is -2.81. The zero-order valence-electron chi connectivity index (χ0n) is 15.0. The highest BCUT2D eigenvalue weighted by Gasteiger charge is 2.12. The summed E-state index contributed by atoms with van der Waals surface area (Å²) in [6.07, 6.45) is 3.31. The largest absolute Gasteiger partial charge is 0.207 e. The Kier molecular flexibility index (Phi) is 4.61. The first-order valence-corrected chi connectivity index (χ1v) is 9.16. The summed E-state index contributed by atoms with van der Waals surface area (Å²) in [6.45, 7) is 2.17. The molecule has 0 aromatic heterocycles. The topological polar surface area (TPSA) is 0 Å². The molecule has 0 radical (unpaired) electrons. The molecular weight excluding hydrogens is 345 g/mol. The third kappa shape index (κ3) is 3.42. The SMILES string of the molecule is CCCCc1ccc2c(ccc3cc(-c4cc(F)cc(F)c4)c(F)cc32)c1. The quantitative estimate of drug-likeness (QED) is 0.331. The Labute approximate surface area is 156 Å². The van der Waals surface area contributed by atoms with Gasteiger partial charge in [0.25, 0.3) is 0 Å². The fourth-order valence-corrected chi connectivity index (χ4v) is 3.60. The monoisotopic (exact) mass is 364 g/mol. The third-order valence-corrected chi connectivity index (χ3v) is 4.98. The first kappa shape index (κ1) is 17.6. The van der Waals surface area contributed by atoms with Gasteiger partial charge in [-0.1, -0.05) is 43.7 Å². The van der Waals surface area contributed by atoms with Crippen LogP contribution in [0.25, 0.3) is 32.7 Å². The van der Waals surface area contributed by atoms with Crippen molar-refractivity contribution in [2.75, 3.05) is 0 Å². The van der Waals surface area contributed by atoms with Gasteiger partial charge in [0.15, 0.2) is 0 Å². The van der Waals surface area contributed by atoms with Gasteiger partial charge < -0.3 is 0 Å². The number of benzene rings is 4. The van der Waals surface area contributed by atoms with Gasteiger partial charge in [-0.25, -0.2) is 13.2 Å². The van der Waals surface area contributed by atoms with Crippen LogP contribution in [-0.4, -0.2) is 0 Å². The maximum Gasteiger partial charge on any atom is 0.131 e. The highest BCUT2D eigenvalue weighted by Crippen LogP contribution is 2.33. The molecule has 0 saturated heterocycles. The molecule has 4 aromatic rings. The summed E-state index contributed by atoms with van der Waals surface area (Å²) >= 11 is 0. The lowest BCUT2D eigenvalue weighted by atomic mass is 9.95. The molecule has 0 aliphatic rings. The Morgan fingerprint density at radius 2 is 1.41 bits per heavy atom. The molecule has 0 fully saturated rings. The Morgan fingerprint density at radius 1 is 0.704 bits per heavy atom. The van der Waals surface area contributed by atoms with Crippen molar-refractivity contribution in [1.82, 2.24) is 0 Å². The second-order valence-electron chi connectivity index (χ2n) is 6.94. The van der Waals surface area contributed by atoms with Gasteiger partial charge in [-0.3, -0.25) is 0 Å². The van der Waals surface area contributed by atoms with Crippen molar-refractivity contribution in [3.8, 4) is 11.1 Å². The van der Waals surface area contributed by atoms with E-state index in [-0.39, 0.29) is 11.1 Å². The number of halogens is 3. The van der Waals surface area contributed by atoms with Crippen molar-refractivity contribution in [1.29, 1.82) is 0 Å². The van der Waals surface area contributed by atoms with Crippen molar-refractivity contribution >= 4 is 21.5 Å². The Balaban J connectivity index is 1.86. The highest BCUT2D eigenvalue weighted by molar-refractivity contribution is 6.08. The van der Waals surface area contributed by atoms with Gasteiger partial charge in [0, 0.05) is 11.6 Å². The van der Waals surface area contributed by atoms with Crippen LogP contribution in [0.5, 0.6) is 0 Å². The highest BCUT2D eigenvalue weighted by atomic mass is 19.1. The summed E-state index contributed by atoms with van der Waals surface area (Å²) in [6, 6.07) is 16.4. The third-order valence-electron chi connectivity index (χ3n) is 4.98. The van der Waals surface area contributed by atoms with E-state index in [0.29, 0.717) is 0 Å². The normalized spacial score (nSPS) is 11.4. The Bertz CT molecular complexity index is 1130. The number of hydrogen-bond donors (Lipinski definition) is 0. The molecule has 0 atom stereocenters. The number of hydrogen-bond acceptors (Lipinski definition) is 0. The number of unbranched alkanes of at least 4 members (excludes halogenated alkanes) is 1. The van der Waals surface area contributed by atoms with Crippen LogP contribution in [-0.2, 0) is 6.42 Å². The van der Waals surface area contributed by atoms with Crippen molar-refractivity contribution < 1.29 is 13.2 Å². The van der Waals surface area contributed by atoms with E-state index in [9.17, 15) is 13.2 Å². The van der Waals surface area contributed by atoms with E-state index in [1.54, 1.807) is 6.07 Å². The summed E-state index contributed by atoms with van der Waals surface area (Å²) in [5.74, 6) is -1.93. The van der Waals surface area contributed by atoms with Crippen molar-refractivity contribution in [3.05, 3.63) is 83.7 Å². The lowest BCUT2D eigenvalue weighted by Gasteiger charge is -2.10. The van der Waals surface area contributed by atoms with E-state index in [1.165, 1.54) is 11.6 Å². The summed E-state index contributed by atoms with van der Waals surface area (Å²) in [4.78, 5) is 0. The summed E-state index contributed by atoms with van der Waals surface area (Å²) in [5.41, 5.74) is 1.66. The van der Waals surface area contributed by atoms with E-state index < -0.39 is 17.5 Å². The minimum absolute atomic E-state index is 0.194. The first-order valence-electron chi connectivity index (χ1n) is 9.16. The van der Waals surface area contributed by atoms with Crippen LogP contribution in [0.15, 0.2) is 60.7 Å². The fraction of sp³-hybridized carbons (Fsp3) is 0.167. The molecule has 0 aliphatic carbocycles. The molecule has 0 nitrogen and oxygen atoms in total. The Morgan fingerprint density at radius 3 is 2.11 bits per heavy atom. The lowest BCUT2D eigenvalue weighted by molar-refractivity contribution is 0.583. The molecule has 4 aromatic carbocycles. The number of aryl methyl sites for hydroxylation is 1. The zero-order valence-corrected chi connectivity index (χ0v) is 15.0. The molecule has 0 saturated carbocycles. The molecule has 0 spiro atoms. The summed E-state index contributed by atoms with van der Waals surface area (Å²) in [7, 11) is 0. The van der Waals surface area contributed by atoms with E-state index in [2.05, 4.69) is 19.1 Å². The predicted molar refractivity (Wildman–Crippen MR) is 105 cm³/mol. The van der Waals surface area contributed by atoms with Gasteiger partial charge in [-0.2, -0.15) is 0 Å². The van der Waals surface area contributed by atoms with Crippen LogP contribution < -0.4 is 0 Å². The number of rotatable bonds is 4. The van der Waals surface area contributed by atoms with Crippen molar-refractivity contribution in [2.45, 2.75) is 26.2 Å². The molecule has 0 bridgehead atoms. The average Bonchev–Trinajstić information content (AvgIpc) is 2.64. The minimum atomic E-state index is -0.720. The minimum Gasteiger partial charge on any atom is -0.207 e. The molecule has 0 aliphatic heterocycles. The van der Waals surface area contributed by atoms with Gasteiger partial charge >= 0.3 is 0 Å². The van der Waals surface area contributed by atoms with Gasteiger partial charge in [0.2, 0.25) is 0 Å². The van der Waals surface area contributed by atoms with Crippen molar-refractivity contribution in [2.24, 2.45) is 0 Å². The van der Waals surface area contributed by atoms with E-state index in [1.807, 2.05) is 18.2 Å². The average molecular weight is 364 g/mol. The predicted octanol–water partition coefficient (Wildman–Crippen LogP) is 7.42. The number of fused-ring (bicyclic) bond motifs is 3. The second kappa shape index (κ2) is 7.07. The van der Waals surface area contributed by atoms with Gasteiger partial charge in [-0.15, -0.1) is 0 Å². The molecule has 3 heteroatoms. The molecule has 0 amide bonds. The molecule has 0 N–H and O–H groups in total. The van der Waals surface area contributed by atoms with Crippen LogP contribution in [0.4, 0.5) is 13.2 Å². The van der Waals surface area contributed by atoms with Crippen LogP contribution in [0.1, 0.15) is 25.3 Å². The molecule has 0 unspecified atom stereocenters. The van der Waals surface area contributed by atoms with Crippen LogP contribution in [0.3, 0.4) is 0 Å². The van der Waals surface area contributed by atoms with Gasteiger partial charge in [-0.05, 0) is 69.8 Å². The van der Waals surface area contributed by atoms with Crippen LogP contribution in [0, 0.1) is 17.5 Å². The lowest BCUT2D eigenvalue weighted by Crippen LogP contribution is -1.90. The molecule has 4 rings (SSSR count). The van der Waals surface area contributed by atoms with Crippen LogP contribution in [0.2, 0.25) is 0 Å².